The molecule has 0 saturated heterocycles. The second-order valence-electron chi connectivity index (χ2n) is 8.53. The summed E-state index contributed by atoms with van der Waals surface area (Å²) in [5.41, 5.74) is 3.18. The maximum Gasteiger partial charge on any atom is 0.263 e. The Morgan fingerprint density at radius 3 is 2.39 bits per heavy atom. The molecule has 1 unspecified atom stereocenters. The molecule has 1 N–H and O–H groups in total. The number of carbonyl (C=O) groups is 2. The molecule has 2 amide bonds. The third-order valence-corrected chi connectivity index (χ3v) is 6.05. The summed E-state index contributed by atoms with van der Waals surface area (Å²) in [6, 6.07) is 18.3. The van der Waals surface area contributed by atoms with Gasteiger partial charge in [-0.1, -0.05) is 12.1 Å². The minimum absolute atomic E-state index is 0.130. The summed E-state index contributed by atoms with van der Waals surface area (Å²) in [5.74, 6) is 2.40. The van der Waals surface area contributed by atoms with Crippen LogP contribution >= 0.6 is 0 Å². The molecule has 188 valence electrons. The van der Waals surface area contributed by atoms with Crippen LogP contribution in [0.3, 0.4) is 0 Å². The number of benzene rings is 3. The van der Waals surface area contributed by atoms with Gasteiger partial charge in [0.2, 0.25) is 5.91 Å². The molecule has 0 bridgehead atoms. The minimum atomic E-state index is -0.647. The van der Waals surface area contributed by atoms with Gasteiger partial charge in [0.15, 0.2) is 6.10 Å². The van der Waals surface area contributed by atoms with Crippen LogP contribution in [0.4, 0.5) is 5.69 Å². The van der Waals surface area contributed by atoms with E-state index in [0.717, 1.165) is 22.4 Å². The van der Waals surface area contributed by atoms with E-state index in [-0.39, 0.29) is 18.2 Å². The average molecular weight is 491 g/mol. The fourth-order valence-electron chi connectivity index (χ4n) is 4.13. The van der Waals surface area contributed by atoms with Gasteiger partial charge in [-0.25, -0.2) is 0 Å². The second kappa shape index (κ2) is 11.0. The lowest BCUT2D eigenvalue weighted by Gasteiger charge is -2.23. The van der Waals surface area contributed by atoms with Crippen LogP contribution in [0.2, 0.25) is 0 Å². The van der Waals surface area contributed by atoms with Crippen LogP contribution < -0.4 is 24.3 Å². The number of hydrogen-bond donors (Lipinski definition) is 1. The maximum absolute atomic E-state index is 13.1. The second-order valence-corrected chi connectivity index (χ2v) is 8.53. The predicted molar refractivity (Wildman–Crippen MR) is 136 cm³/mol. The highest BCUT2D eigenvalue weighted by atomic mass is 16.5. The highest BCUT2D eigenvalue weighted by Gasteiger charge is 2.29. The molecular weight excluding hydrogens is 460 g/mol. The van der Waals surface area contributed by atoms with E-state index in [1.165, 1.54) is 0 Å². The molecule has 0 aromatic heterocycles. The number of rotatable bonds is 8. The van der Waals surface area contributed by atoms with Crippen LogP contribution in [-0.4, -0.2) is 44.1 Å². The van der Waals surface area contributed by atoms with Crippen molar-refractivity contribution in [2.45, 2.75) is 32.5 Å². The Labute approximate surface area is 210 Å². The normalized spacial score (nSPS) is 14.8. The first kappa shape index (κ1) is 24.9. The number of anilines is 1. The first-order valence-electron chi connectivity index (χ1n) is 11.6. The van der Waals surface area contributed by atoms with E-state index in [2.05, 4.69) is 5.32 Å². The SMILES string of the molecule is COc1ccc(CC(=O)Nc2ccc3c(c2)CN(Cc2ccc(OC)cc2OC)C(=O)C(C)O3)cc1. The Morgan fingerprint density at radius 1 is 0.972 bits per heavy atom. The average Bonchev–Trinajstić information content (AvgIpc) is 3.00. The molecule has 0 spiro atoms. The molecule has 1 atom stereocenters. The van der Waals surface area contributed by atoms with E-state index in [0.29, 0.717) is 36.0 Å². The van der Waals surface area contributed by atoms with Crippen molar-refractivity contribution < 1.29 is 28.5 Å². The lowest BCUT2D eigenvalue weighted by atomic mass is 10.1. The van der Waals surface area contributed by atoms with E-state index < -0.39 is 6.10 Å². The maximum atomic E-state index is 13.1. The van der Waals surface area contributed by atoms with Crippen molar-refractivity contribution in [1.82, 2.24) is 4.90 Å². The smallest absolute Gasteiger partial charge is 0.263 e. The molecule has 0 aliphatic carbocycles. The van der Waals surface area contributed by atoms with E-state index >= 15 is 0 Å². The zero-order valence-electron chi connectivity index (χ0n) is 20.9. The lowest BCUT2D eigenvalue weighted by Crippen LogP contribution is -2.37. The Kier molecular flexibility index (Phi) is 7.63. The van der Waals surface area contributed by atoms with Gasteiger partial charge in [-0.05, 0) is 55.0 Å². The zero-order chi connectivity index (χ0) is 25.7. The van der Waals surface area contributed by atoms with Crippen LogP contribution in [0.25, 0.3) is 0 Å². The fourth-order valence-corrected chi connectivity index (χ4v) is 4.13. The number of nitrogens with one attached hydrogen (secondary N) is 1. The van der Waals surface area contributed by atoms with Crippen molar-refractivity contribution in [3.8, 4) is 23.0 Å². The van der Waals surface area contributed by atoms with Gasteiger partial charge in [0.05, 0.1) is 27.8 Å². The molecule has 1 aliphatic heterocycles. The Balaban J connectivity index is 1.51. The van der Waals surface area contributed by atoms with E-state index in [9.17, 15) is 9.59 Å². The van der Waals surface area contributed by atoms with Crippen LogP contribution in [0.5, 0.6) is 23.0 Å². The molecule has 4 rings (SSSR count). The Hall–Kier alpha value is -4.20. The summed E-state index contributed by atoms with van der Waals surface area (Å²) < 4.78 is 21.9. The van der Waals surface area contributed by atoms with Crippen molar-refractivity contribution >= 4 is 17.5 Å². The van der Waals surface area contributed by atoms with E-state index in [1.807, 2.05) is 42.5 Å². The first-order valence-corrected chi connectivity index (χ1v) is 11.6. The molecular formula is C28H30N2O6. The topological polar surface area (TPSA) is 86.3 Å². The van der Waals surface area contributed by atoms with Crippen LogP contribution in [0.1, 0.15) is 23.6 Å². The number of amides is 2. The molecule has 0 saturated carbocycles. The van der Waals surface area contributed by atoms with Crippen LogP contribution in [0.15, 0.2) is 60.7 Å². The molecule has 1 heterocycles. The van der Waals surface area contributed by atoms with Crippen molar-refractivity contribution in [2.24, 2.45) is 0 Å². The molecule has 0 radical (unpaired) electrons. The van der Waals surface area contributed by atoms with Gasteiger partial charge in [0.25, 0.3) is 5.91 Å². The first-order chi connectivity index (χ1) is 17.4. The Bertz CT molecular complexity index is 1240. The molecule has 8 heteroatoms. The zero-order valence-corrected chi connectivity index (χ0v) is 20.9. The molecule has 8 nitrogen and oxygen atoms in total. The van der Waals surface area contributed by atoms with E-state index in [1.54, 1.807) is 51.4 Å². The van der Waals surface area contributed by atoms with Gasteiger partial charge in [-0.2, -0.15) is 0 Å². The van der Waals surface area contributed by atoms with Gasteiger partial charge in [0.1, 0.15) is 23.0 Å². The van der Waals surface area contributed by atoms with Gasteiger partial charge >= 0.3 is 0 Å². The molecule has 36 heavy (non-hydrogen) atoms. The van der Waals surface area contributed by atoms with Crippen LogP contribution in [0, 0.1) is 0 Å². The van der Waals surface area contributed by atoms with Gasteiger partial charge in [-0.3, -0.25) is 9.59 Å². The van der Waals surface area contributed by atoms with Gasteiger partial charge < -0.3 is 29.2 Å². The van der Waals surface area contributed by atoms with Gasteiger partial charge in [-0.15, -0.1) is 0 Å². The summed E-state index contributed by atoms with van der Waals surface area (Å²) in [5, 5.41) is 2.94. The molecule has 3 aromatic carbocycles. The molecule has 3 aromatic rings. The monoisotopic (exact) mass is 490 g/mol. The summed E-state index contributed by atoms with van der Waals surface area (Å²) >= 11 is 0. The third kappa shape index (κ3) is 5.71. The minimum Gasteiger partial charge on any atom is -0.497 e. The standard InChI is InChI=1S/C28H30N2O6/c1-18-28(32)30(16-20-7-11-24(34-3)15-26(20)35-4)17-21-14-22(8-12-25(21)36-18)29-27(31)13-19-5-9-23(33-2)10-6-19/h5-12,14-15,18H,13,16-17H2,1-4H3,(H,29,31). The van der Waals surface area contributed by atoms with Gasteiger partial charge in [0, 0.05) is 36.0 Å². The quantitative estimate of drug-likeness (QED) is 0.509. The number of ether oxygens (including phenoxy) is 4. The van der Waals surface area contributed by atoms with Crippen molar-refractivity contribution in [2.75, 3.05) is 26.6 Å². The summed E-state index contributed by atoms with van der Waals surface area (Å²) in [7, 11) is 4.78. The number of methoxy groups -OCH3 is 3. The number of fused-ring (bicyclic) bond motifs is 1. The highest BCUT2D eigenvalue weighted by molar-refractivity contribution is 5.92. The molecule has 1 aliphatic rings. The summed E-state index contributed by atoms with van der Waals surface area (Å²) in [6.07, 6.45) is -0.415. The molecule has 0 fully saturated rings. The van der Waals surface area contributed by atoms with Crippen molar-refractivity contribution in [3.05, 3.63) is 77.4 Å². The number of nitrogens with zero attached hydrogens (tertiary/aromatic N) is 1. The lowest BCUT2D eigenvalue weighted by molar-refractivity contribution is -0.138. The van der Waals surface area contributed by atoms with Crippen molar-refractivity contribution in [1.29, 1.82) is 0 Å². The Morgan fingerprint density at radius 2 is 1.69 bits per heavy atom. The summed E-state index contributed by atoms with van der Waals surface area (Å²) in [6.45, 7) is 2.41. The van der Waals surface area contributed by atoms with Crippen molar-refractivity contribution in [3.63, 3.8) is 0 Å². The third-order valence-electron chi connectivity index (χ3n) is 6.05. The van der Waals surface area contributed by atoms with Crippen LogP contribution in [-0.2, 0) is 29.1 Å². The van der Waals surface area contributed by atoms with E-state index in [4.69, 9.17) is 18.9 Å². The number of carbonyl (C=O) groups excluding carboxylic acids is 2. The highest BCUT2D eigenvalue weighted by Crippen LogP contribution is 2.31. The number of hydrogen-bond acceptors (Lipinski definition) is 6. The fraction of sp³-hybridized carbons (Fsp3) is 0.286. The largest absolute Gasteiger partial charge is 0.497 e. The predicted octanol–water partition coefficient (Wildman–Crippen LogP) is 4.20. The summed E-state index contributed by atoms with van der Waals surface area (Å²) in [4.78, 5) is 27.5.